The molecule has 2 heterocycles. The van der Waals surface area contributed by atoms with Crippen molar-refractivity contribution in [2.24, 2.45) is 0 Å². The van der Waals surface area contributed by atoms with E-state index in [1.807, 2.05) is 0 Å². The largest absolute Gasteiger partial charge is 0.465 e. The van der Waals surface area contributed by atoms with E-state index in [0.29, 0.717) is 27.0 Å². The van der Waals surface area contributed by atoms with Gasteiger partial charge in [0.2, 0.25) is 0 Å². The van der Waals surface area contributed by atoms with Gasteiger partial charge < -0.3 is 4.74 Å². The zero-order valence-electron chi connectivity index (χ0n) is 14.1. The van der Waals surface area contributed by atoms with Crippen LogP contribution in [-0.4, -0.2) is 39.0 Å². The summed E-state index contributed by atoms with van der Waals surface area (Å²) in [6.45, 7) is 3.34. The Kier molecular flexibility index (Phi) is 5.01. The van der Waals surface area contributed by atoms with Gasteiger partial charge in [0, 0.05) is 5.02 Å². The van der Waals surface area contributed by atoms with E-state index in [-0.39, 0.29) is 10.8 Å². The fraction of sp³-hybridized carbons (Fsp3) is 0.188. The van der Waals surface area contributed by atoms with E-state index < -0.39 is 11.9 Å². The average Bonchev–Trinajstić information content (AvgIpc) is 3.17. The van der Waals surface area contributed by atoms with Crippen LogP contribution in [0.4, 0.5) is 5.13 Å². The fourth-order valence-electron chi connectivity index (χ4n) is 2.19. The third-order valence-electron chi connectivity index (χ3n) is 3.42. The van der Waals surface area contributed by atoms with Gasteiger partial charge in [-0.05, 0) is 32.0 Å². The monoisotopic (exact) mass is 391 g/mol. The molecule has 0 aliphatic carbocycles. The first kappa shape index (κ1) is 18.0. The van der Waals surface area contributed by atoms with E-state index in [2.05, 4.69) is 25.2 Å². The van der Waals surface area contributed by atoms with Crippen LogP contribution in [-0.2, 0) is 4.74 Å². The number of benzene rings is 1. The van der Waals surface area contributed by atoms with Crippen molar-refractivity contribution in [2.45, 2.75) is 13.8 Å². The summed E-state index contributed by atoms with van der Waals surface area (Å²) in [6, 6.07) is 6.97. The third kappa shape index (κ3) is 3.58. The maximum absolute atomic E-state index is 12.5. The molecule has 1 aromatic carbocycles. The van der Waals surface area contributed by atoms with Gasteiger partial charge in [0.1, 0.15) is 4.88 Å². The second-order valence-electron chi connectivity index (χ2n) is 5.28. The fourth-order valence-corrected chi connectivity index (χ4v) is 3.26. The van der Waals surface area contributed by atoms with Crippen molar-refractivity contribution in [2.75, 3.05) is 12.4 Å². The molecule has 0 fully saturated rings. The van der Waals surface area contributed by atoms with E-state index in [9.17, 15) is 9.59 Å². The number of hydrogen-bond donors (Lipinski definition) is 1. The standard InChI is InChI=1S/C16H14ClN5O3S/c1-8-12(21-22(20-8)11-6-4-5-10(17)7-11)14(23)19-16-18-9(2)13(26-16)15(24)25-3/h4-7H,1-3H3,(H,18,19,23). The predicted molar refractivity (Wildman–Crippen MR) is 97.2 cm³/mol. The molecule has 1 amide bonds. The van der Waals surface area contributed by atoms with Crippen LogP contribution in [0.5, 0.6) is 0 Å². The summed E-state index contributed by atoms with van der Waals surface area (Å²) in [5.41, 5.74) is 1.72. The molecule has 0 atom stereocenters. The lowest BCUT2D eigenvalue weighted by Crippen LogP contribution is -2.14. The summed E-state index contributed by atoms with van der Waals surface area (Å²) in [6.07, 6.45) is 0. The molecule has 0 bridgehead atoms. The Bertz CT molecular complexity index is 998. The smallest absolute Gasteiger partial charge is 0.350 e. The van der Waals surface area contributed by atoms with Crippen LogP contribution in [0.25, 0.3) is 5.69 Å². The van der Waals surface area contributed by atoms with Crippen LogP contribution >= 0.6 is 22.9 Å². The Morgan fingerprint density at radius 1 is 1.23 bits per heavy atom. The highest BCUT2D eigenvalue weighted by Crippen LogP contribution is 2.24. The summed E-state index contributed by atoms with van der Waals surface area (Å²) in [7, 11) is 1.29. The minimum atomic E-state index is -0.497. The molecular weight excluding hydrogens is 378 g/mol. The van der Waals surface area contributed by atoms with Crippen LogP contribution in [0.2, 0.25) is 5.02 Å². The number of esters is 1. The number of nitrogens with zero attached hydrogens (tertiary/aromatic N) is 4. The molecule has 0 saturated carbocycles. The molecule has 26 heavy (non-hydrogen) atoms. The SMILES string of the molecule is COC(=O)c1sc(NC(=O)c2nn(-c3cccc(Cl)c3)nc2C)nc1C. The van der Waals surface area contributed by atoms with Crippen molar-refractivity contribution in [3.63, 3.8) is 0 Å². The lowest BCUT2D eigenvalue weighted by atomic mass is 10.3. The number of aryl methyl sites for hydroxylation is 2. The van der Waals surface area contributed by atoms with Gasteiger partial charge in [0.15, 0.2) is 10.8 Å². The number of thiazole rings is 1. The molecule has 3 rings (SSSR count). The van der Waals surface area contributed by atoms with E-state index in [1.54, 1.807) is 38.1 Å². The quantitative estimate of drug-likeness (QED) is 0.686. The highest BCUT2D eigenvalue weighted by atomic mass is 35.5. The average molecular weight is 392 g/mol. The van der Waals surface area contributed by atoms with Gasteiger partial charge in [0.05, 0.1) is 24.2 Å². The van der Waals surface area contributed by atoms with E-state index in [0.717, 1.165) is 11.3 Å². The molecule has 0 saturated heterocycles. The number of anilines is 1. The third-order valence-corrected chi connectivity index (χ3v) is 4.71. The van der Waals surface area contributed by atoms with Crippen LogP contribution in [0.15, 0.2) is 24.3 Å². The molecule has 1 N–H and O–H groups in total. The number of hydrogen-bond acceptors (Lipinski definition) is 7. The number of methoxy groups -OCH3 is 1. The van der Waals surface area contributed by atoms with Crippen molar-refractivity contribution in [3.05, 3.63) is 51.2 Å². The number of aromatic nitrogens is 4. The normalized spacial score (nSPS) is 10.6. The molecule has 0 spiro atoms. The molecular formula is C16H14ClN5O3S. The zero-order chi connectivity index (χ0) is 18.8. The summed E-state index contributed by atoms with van der Waals surface area (Å²) >= 11 is 7.01. The maximum Gasteiger partial charge on any atom is 0.350 e. The van der Waals surface area contributed by atoms with Crippen molar-refractivity contribution >= 4 is 39.9 Å². The predicted octanol–water partition coefficient (Wildman–Crippen LogP) is 3.03. The summed E-state index contributed by atoms with van der Waals surface area (Å²) in [5.74, 6) is -0.968. The van der Waals surface area contributed by atoms with Crippen LogP contribution in [0, 0.1) is 13.8 Å². The molecule has 134 valence electrons. The van der Waals surface area contributed by atoms with Crippen molar-refractivity contribution in [1.82, 2.24) is 20.0 Å². The van der Waals surface area contributed by atoms with Crippen molar-refractivity contribution in [1.29, 1.82) is 0 Å². The van der Waals surface area contributed by atoms with Crippen molar-refractivity contribution in [3.8, 4) is 5.69 Å². The Hall–Kier alpha value is -2.78. The number of carbonyl (C=O) groups excluding carboxylic acids is 2. The lowest BCUT2D eigenvalue weighted by molar-refractivity contribution is 0.0605. The molecule has 10 heteroatoms. The second kappa shape index (κ2) is 7.22. The van der Waals surface area contributed by atoms with E-state index in [4.69, 9.17) is 11.6 Å². The van der Waals surface area contributed by atoms with Gasteiger partial charge in [-0.1, -0.05) is 29.0 Å². The number of amides is 1. The number of ether oxygens (including phenoxy) is 1. The molecule has 0 radical (unpaired) electrons. The second-order valence-corrected chi connectivity index (χ2v) is 6.72. The number of halogens is 1. The zero-order valence-corrected chi connectivity index (χ0v) is 15.7. The first-order valence-electron chi connectivity index (χ1n) is 7.46. The van der Waals surface area contributed by atoms with Crippen LogP contribution < -0.4 is 5.32 Å². The Balaban J connectivity index is 1.84. The van der Waals surface area contributed by atoms with Gasteiger partial charge in [-0.2, -0.15) is 9.90 Å². The minimum Gasteiger partial charge on any atom is -0.465 e. The Labute approximate surface area is 157 Å². The number of rotatable bonds is 4. The maximum atomic E-state index is 12.5. The van der Waals surface area contributed by atoms with E-state index >= 15 is 0 Å². The van der Waals surface area contributed by atoms with Gasteiger partial charge in [-0.25, -0.2) is 9.78 Å². The van der Waals surface area contributed by atoms with Crippen molar-refractivity contribution < 1.29 is 14.3 Å². The topological polar surface area (TPSA) is 99.0 Å². The molecule has 0 aliphatic heterocycles. The highest BCUT2D eigenvalue weighted by Gasteiger charge is 2.21. The molecule has 8 nitrogen and oxygen atoms in total. The summed E-state index contributed by atoms with van der Waals surface area (Å²) in [5, 5.41) is 11.9. The first-order chi connectivity index (χ1) is 12.4. The Morgan fingerprint density at radius 2 is 2.00 bits per heavy atom. The molecule has 2 aromatic heterocycles. The molecule has 3 aromatic rings. The van der Waals surface area contributed by atoms with Crippen LogP contribution in [0.1, 0.15) is 31.5 Å². The first-order valence-corrected chi connectivity index (χ1v) is 8.65. The van der Waals surface area contributed by atoms with Gasteiger partial charge in [-0.15, -0.1) is 5.10 Å². The number of nitrogens with one attached hydrogen (secondary N) is 1. The summed E-state index contributed by atoms with van der Waals surface area (Å²) in [4.78, 5) is 30.0. The number of carbonyl (C=O) groups is 2. The lowest BCUT2D eigenvalue weighted by Gasteiger charge is -1.99. The minimum absolute atomic E-state index is 0.150. The van der Waals surface area contributed by atoms with Gasteiger partial charge >= 0.3 is 5.97 Å². The highest BCUT2D eigenvalue weighted by molar-refractivity contribution is 7.17. The summed E-state index contributed by atoms with van der Waals surface area (Å²) < 4.78 is 4.68. The molecule has 0 unspecified atom stereocenters. The van der Waals surface area contributed by atoms with Crippen LogP contribution in [0.3, 0.4) is 0 Å². The molecule has 0 aliphatic rings. The Morgan fingerprint density at radius 3 is 2.69 bits per heavy atom. The van der Waals surface area contributed by atoms with Gasteiger partial charge in [-0.3, -0.25) is 10.1 Å². The van der Waals surface area contributed by atoms with E-state index in [1.165, 1.54) is 11.9 Å². The van der Waals surface area contributed by atoms with Gasteiger partial charge in [0.25, 0.3) is 5.91 Å².